The lowest BCUT2D eigenvalue weighted by Crippen LogP contribution is -3.19. The van der Waals surface area contributed by atoms with Crippen molar-refractivity contribution >= 4 is 28.4 Å². The topological polar surface area (TPSA) is 47.5 Å². The van der Waals surface area contributed by atoms with E-state index in [1.54, 1.807) is 0 Å². The predicted octanol–water partition coefficient (Wildman–Crippen LogP) is 1.15. The number of piperidine rings is 1. The fourth-order valence-electron chi connectivity index (χ4n) is 3.30. The molecule has 0 aromatic carbocycles. The molecule has 3 nitrogen and oxygen atoms in total. The molecule has 1 heterocycles. The lowest BCUT2D eigenvalue weighted by Gasteiger charge is -2.34. The molecule has 18 heavy (non-hydrogen) atoms. The molecule has 3 atom stereocenters. The lowest BCUT2D eigenvalue weighted by atomic mass is 9.85. The predicted molar refractivity (Wildman–Crippen MR) is 81.8 cm³/mol. The molecule has 104 valence electrons. The normalized spacial score (nSPS) is 41.6. The Morgan fingerprint density at radius 1 is 1.28 bits per heavy atom. The Kier molecular flexibility index (Phi) is 5.45. The van der Waals surface area contributed by atoms with Gasteiger partial charge < -0.3 is 4.90 Å². The molecule has 1 saturated heterocycles. The largest absolute Gasteiger partial charge is 0.314 e. The number of carbonyl (C=O) groups is 1. The van der Waals surface area contributed by atoms with Crippen molar-refractivity contribution < 1.29 is 9.69 Å². The minimum Gasteiger partial charge on any atom is -0.314 e. The van der Waals surface area contributed by atoms with Gasteiger partial charge in [-0.25, -0.2) is 0 Å². The third-order valence-electron chi connectivity index (χ3n) is 4.65. The first-order valence-electron chi connectivity index (χ1n) is 7.33. The van der Waals surface area contributed by atoms with Gasteiger partial charge in [-0.3, -0.25) is 10.5 Å². The summed E-state index contributed by atoms with van der Waals surface area (Å²) in [6, 6.07) is 0. The molecule has 1 aliphatic carbocycles. The Morgan fingerprint density at radius 3 is 2.56 bits per heavy atom. The SMILES string of the molecule is CC1CC[NH+](CC(=O)C2CCC(I)CC2)C(N)C1. The van der Waals surface area contributed by atoms with E-state index >= 15 is 0 Å². The van der Waals surface area contributed by atoms with Crippen LogP contribution in [-0.2, 0) is 4.79 Å². The Balaban J connectivity index is 1.80. The average Bonchev–Trinajstić information content (AvgIpc) is 2.33. The maximum atomic E-state index is 12.3. The first kappa shape index (κ1) is 14.7. The molecule has 1 aliphatic heterocycles. The van der Waals surface area contributed by atoms with E-state index in [4.69, 9.17) is 5.73 Å². The molecular formula is C14H26IN2O+. The maximum Gasteiger partial charge on any atom is 0.189 e. The number of quaternary nitrogens is 1. The van der Waals surface area contributed by atoms with E-state index < -0.39 is 0 Å². The van der Waals surface area contributed by atoms with Crippen LogP contribution >= 0.6 is 22.6 Å². The Bertz CT molecular complexity index is 290. The van der Waals surface area contributed by atoms with Crippen molar-refractivity contribution in [1.82, 2.24) is 0 Å². The molecule has 0 amide bonds. The Hall–Kier alpha value is 0.320. The minimum absolute atomic E-state index is 0.179. The number of hydrogen-bond acceptors (Lipinski definition) is 2. The highest BCUT2D eigenvalue weighted by atomic mass is 127. The van der Waals surface area contributed by atoms with Crippen LogP contribution in [0.15, 0.2) is 0 Å². The van der Waals surface area contributed by atoms with Gasteiger partial charge >= 0.3 is 0 Å². The van der Waals surface area contributed by atoms with E-state index in [1.807, 2.05) is 0 Å². The number of rotatable bonds is 3. The van der Waals surface area contributed by atoms with Gasteiger partial charge in [0.2, 0.25) is 0 Å². The molecule has 0 radical (unpaired) electrons. The fraction of sp³-hybridized carbons (Fsp3) is 0.929. The molecule has 3 unspecified atom stereocenters. The summed E-state index contributed by atoms with van der Waals surface area (Å²) >= 11 is 2.51. The van der Waals surface area contributed by atoms with Crippen LogP contribution in [-0.4, -0.2) is 29.0 Å². The van der Waals surface area contributed by atoms with Crippen LogP contribution in [0.5, 0.6) is 0 Å². The van der Waals surface area contributed by atoms with Crippen LogP contribution in [0.4, 0.5) is 0 Å². The molecule has 1 saturated carbocycles. The number of carbonyl (C=O) groups excluding carboxylic acids is 1. The number of nitrogens with two attached hydrogens (primary N) is 1. The second-order valence-electron chi connectivity index (χ2n) is 6.24. The molecule has 2 aliphatic rings. The van der Waals surface area contributed by atoms with E-state index in [1.165, 1.54) is 24.2 Å². The highest BCUT2D eigenvalue weighted by molar-refractivity contribution is 14.1. The quantitative estimate of drug-likeness (QED) is 0.582. The summed E-state index contributed by atoms with van der Waals surface area (Å²) in [6.07, 6.45) is 7.11. The molecular weight excluding hydrogens is 339 g/mol. The van der Waals surface area contributed by atoms with E-state index in [0.29, 0.717) is 18.2 Å². The average molecular weight is 365 g/mol. The number of Topliss-reactive ketones (excluding diaryl/α,β-unsaturated/α-hetero) is 1. The van der Waals surface area contributed by atoms with Gasteiger partial charge in [-0.1, -0.05) is 29.5 Å². The summed E-state index contributed by atoms with van der Waals surface area (Å²) < 4.78 is 0.789. The van der Waals surface area contributed by atoms with Crippen LogP contribution in [0.25, 0.3) is 0 Å². The molecule has 2 rings (SSSR count). The summed E-state index contributed by atoms with van der Waals surface area (Å²) in [6.45, 7) is 4.01. The zero-order valence-electron chi connectivity index (χ0n) is 11.3. The monoisotopic (exact) mass is 365 g/mol. The molecule has 4 heteroatoms. The summed E-state index contributed by atoms with van der Waals surface area (Å²) in [5.41, 5.74) is 6.18. The summed E-state index contributed by atoms with van der Waals surface area (Å²) in [7, 11) is 0. The zero-order chi connectivity index (χ0) is 13.1. The van der Waals surface area contributed by atoms with Gasteiger partial charge in [0.25, 0.3) is 0 Å². The lowest BCUT2D eigenvalue weighted by molar-refractivity contribution is -0.924. The van der Waals surface area contributed by atoms with E-state index in [9.17, 15) is 4.79 Å². The second-order valence-corrected chi connectivity index (χ2v) is 8.00. The van der Waals surface area contributed by atoms with Gasteiger partial charge in [-0.05, 0) is 38.0 Å². The van der Waals surface area contributed by atoms with Gasteiger partial charge in [0.15, 0.2) is 5.78 Å². The first-order chi connectivity index (χ1) is 8.56. The Morgan fingerprint density at radius 2 is 1.94 bits per heavy atom. The third-order valence-corrected chi connectivity index (χ3v) is 5.90. The van der Waals surface area contributed by atoms with Crippen LogP contribution in [0, 0.1) is 11.8 Å². The van der Waals surface area contributed by atoms with Crippen molar-refractivity contribution in [3.8, 4) is 0 Å². The highest BCUT2D eigenvalue weighted by Crippen LogP contribution is 2.29. The van der Waals surface area contributed by atoms with Crippen LogP contribution in [0.3, 0.4) is 0 Å². The maximum absolute atomic E-state index is 12.3. The van der Waals surface area contributed by atoms with Crippen molar-refractivity contribution in [3.63, 3.8) is 0 Å². The molecule has 2 fully saturated rings. The molecule has 3 N–H and O–H groups in total. The van der Waals surface area contributed by atoms with Gasteiger partial charge in [0, 0.05) is 16.3 Å². The molecule has 0 spiro atoms. The minimum atomic E-state index is 0.179. The summed E-state index contributed by atoms with van der Waals surface area (Å²) in [5, 5.41) is 0. The summed E-state index contributed by atoms with van der Waals surface area (Å²) in [4.78, 5) is 13.6. The first-order valence-corrected chi connectivity index (χ1v) is 8.57. The third kappa shape index (κ3) is 3.90. The number of likely N-dealkylation sites (tertiary alicyclic amines) is 1. The van der Waals surface area contributed by atoms with Gasteiger partial charge in [-0.2, -0.15) is 0 Å². The van der Waals surface area contributed by atoms with Gasteiger partial charge in [-0.15, -0.1) is 0 Å². The Labute approximate surface area is 124 Å². The van der Waals surface area contributed by atoms with Crippen molar-refractivity contribution in [2.75, 3.05) is 13.1 Å². The smallest absolute Gasteiger partial charge is 0.189 e. The van der Waals surface area contributed by atoms with E-state index in [0.717, 1.165) is 35.6 Å². The number of ketones is 1. The van der Waals surface area contributed by atoms with Gasteiger partial charge in [0.05, 0.1) is 6.54 Å². The molecule has 0 bridgehead atoms. The summed E-state index contributed by atoms with van der Waals surface area (Å²) in [5.74, 6) is 1.53. The number of halogens is 1. The number of nitrogens with one attached hydrogen (secondary N) is 1. The fourth-order valence-corrected chi connectivity index (χ4v) is 4.02. The second kappa shape index (κ2) is 6.66. The zero-order valence-corrected chi connectivity index (χ0v) is 13.5. The van der Waals surface area contributed by atoms with Crippen molar-refractivity contribution in [2.45, 2.75) is 55.5 Å². The van der Waals surface area contributed by atoms with Gasteiger partial charge in [0.1, 0.15) is 12.7 Å². The van der Waals surface area contributed by atoms with Crippen LogP contribution in [0.1, 0.15) is 45.4 Å². The van der Waals surface area contributed by atoms with Crippen molar-refractivity contribution in [2.24, 2.45) is 17.6 Å². The number of hydrogen-bond donors (Lipinski definition) is 2. The highest BCUT2D eigenvalue weighted by Gasteiger charge is 2.32. The van der Waals surface area contributed by atoms with Crippen molar-refractivity contribution in [3.05, 3.63) is 0 Å². The van der Waals surface area contributed by atoms with E-state index in [-0.39, 0.29) is 6.17 Å². The standard InChI is InChI=1S/C14H25IN2O/c1-10-6-7-17(14(16)8-10)9-13(18)11-2-4-12(15)5-3-11/h10-12,14H,2-9,16H2,1H3/p+1. The van der Waals surface area contributed by atoms with Crippen molar-refractivity contribution in [1.29, 1.82) is 0 Å². The van der Waals surface area contributed by atoms with E-state index in [2.05, 4.69) is 29.5 Å². The molecule has 0 aromatic heterocycles. The molecule has 0 aromatic rings. The number of alkyl halides is 1. The van der Waals surface area contributed by atoms with Crippen LogP contribution < -0.4 is 10.6 Å². The van der Waals surface area contributed by atoms with Crippen LogP contribution in [0.2, 0.25) is 0 Å².